The van der Waals surface area contributed by atoms with E-state index in [-0.39, 0.29) is 43.8 Å². The van der Waals surface area contributed by atoms with Crippen LogP contribution in [0.5, 0.6) is 0 Å². The van der Waals surface area contributed by atoms with Gasteiger partial charge in [0.15, 0.2) is 0 Å². The molecule has 4 N–H and O–H groups in total. The Hall–Kier alpha value is -4.79. The van der Waals surface area contributed by atoms with Crippen molar-refractivity contribution >= 4 is 47.7 Å². The molecule has 2 aromatic carbocycles. The molecule has 2 aromatic rings. The Kier molecular flexibility index (Phi) is 19.0. The van der Waals surface area contributed by atoms with Crippen LogP contribution in [0.4, 0.5) is 9.59 Å². The number of unbranched alkanes of at least 4 members (excludes halogenated alkanes) is 1. The lowest BCUT2D eigenvalue weighted by molar-refractivity contribution is -0.151. The van der Waals surface area contributed by atoms with E-state index in [9.17, 15) is 28.8 Å². The van der Waals surface area contributed by atoms with Crippen molar-refractivity contribution in [3.63, 3.8) is 0 Å². The SMILES string of the molecule is Cc1ccc(CSC[C@H](NC(=O)[C@H](CCCCNC(=O)OC2C3CC4CC(C3)CC2C4)NC(=O)[C@H](CCC(=O)OC2CCCCC2)NC(=O)OC(C)(C)C)C(=O)OCc2ccccc2)cc1. The van der Waals surface area contributed by atoms with E-state index in [1.54, 1.807) is 20.8 Å². The number of thioether (sulfide) groups is 1. The highest BCUT2D eigenvalue weighted by Gasteiger charge is 2.50. The van der Waals surface area contributed by atoms with Gasteiger partial charge in [-0.05, 0) is 146 Å². The van der Waals surface area contributed by atoms with Crippen LogP contribution in [0.15, 0.2) is 54.6 Å². The molecule has 0 unspecified atom stereocenters. The highest BCUT2D eigenvalue weighted by atomic mass is 32.2. The Morgan fingerprint density at radius 2 is 1.33 bits per heavy atom. The van der Waals surface area contributed by atoms with E-state index in [4.69, 9.17) is 18.9 Å². The number of carbonyl (C=O) groups is 6. The lowest BCUT2D eigenvalue weighted by Gasteiger charge is -2.53. The van der Waals surface area contributed by atoms with E-state index in [1.165, 1.54) is 18.2 Å². The highest BCUT2D eigenvalue weighted by molar-refractivity contribution is 7.98. The van der Waals surface area contributed by atoms with Gasteiger partial charge in [0, 0.05) is 24.5 Å². The molecule has 0 aromatic heterocycles. The topological polar surface area (TPSA) is 187 Å². The fraction of sp³-hybridized carbons (Fsp3) is 0.647. The van der Waals surface area contributed by atoms with Gasteiger partial charge < -0.3 is 40.2 Å². The van der Waals surface area contributed by atoms with Crippen LogP contribution in [-0.4, -0.2) is 84.2 Å². The summed E-state index contributed by atoms with van der Waals surface area (Å²) >= 11 is 1.46. The molecular formula is C51H72N4O10S. The van der Waals surface area contributed by atoms with Gasteiger partial charge in [0.1, 0.15) is 42.5 Å². The number of ether oxygens (including phenoxy) is 4. The van der Waals surface area contributed by atoms with Gasteiger partial charge in [0.25, 0.3) is 0 Å². The third kappa shape index (κ3) is 16.5. The van der Waals surface area contributed by atoms with Crippen molar-refractivity contribution in [2.45, 2.75) is 172 Å². The van der Waals surface area contributed by atoms with Crippen LogP contribution in [0.25, 0.3) is 0 Å². The molecule has 15 heteroatoms. The normalized spacial score (nSPS) is 22.5. The van der Waals surface area contributed by atoms with Crippen molar-refractivity contribution in [1.29, 1.82) is 0 Å². The number of esters is 2. The number of benzene rings is 2. The van der Waals surface area contributed by atoms with Gasteiger partial charge in [-0.1, -0.05) is 66.6 Å². The van der Waals surface area contributed by atoms with Crippen molar-refractivity contribution in [3.05, 3.63) is 71.3 Å². The van der Waals surface area contributed by atoms with Crippen LogP contribution < -0.4 is 21.3 Å². The van der Waals surface area contributed by atoms with Crippen molar-refractivity contribution < 1.29 is 47.7 Å². The Bertz CT molecular complexity index is 1890. The zero-order chi connectivity index (χ0) is 47.1. The molecule has 14 nitrogen and oxygen atoms in total. The lowest BCUT2D eigenvalue weighted by atomic mass is 9.55. The summed E-state index contributed by atoms with van der Waals surface area (Å²) in [6.07, 6.45) is 9.70. The van der Waals surface area contributed by atoms with Crippen LogP contribution >= 0.6 is 11.8 Å². The minimum absolute atomic E-state index is 0.00850. The van der Waals surface area contributed by atoms with Gasteiger partial charge in [-0.2, -0.15) is 11.8 Å². The molecule has 3 atom stereocenters. The Balaban J connectivity index is 1.11. The molecule has 66 heavy (non-hydrogen) atoms. The summed E-state index contributed by atoms with van der Waals surface area (Å²) in [5.41, 5.74) is 2.10. The van der Waals surface area contributed by atoms with Gasteiger partial charge in [-0.15, -0.1) is 0 Å². The van der Waals surface area contributed by atoms with Crippen molar-refractivity contribution in [3.8, 4) is 0 Å². The maximum atomic E-state index is 14.4. The van der Waals surface area contributed by atoms with E-state index >= 15 is 0 Å². The predicted octanol–water partition coefficient (Wildman–Crippen LogP) is 8.21. The Labute approximate surface area is 394 Å². The van der Waals surface area contributed by atoms with Gasteiger partial charge in [0.2, 0.25) is 11.8 Å². The molecule has 362 valence electrons. The largest absolute Gasteiger partial charge is 0.462 e. The molecule has 0 heterocycles. The average Bonchev–Trinajstić information content (AvgIpc) is 3.27. The molecule has 5 fully saturated rings. The number of hydrogen-bond donors (Lipinski definition) is 4. The summed E-state index contributed by atoms with van der Waals surface area (Å²) in [5.74, 6) is 0.737. The standard InChI is InChI=1S/C51H72N4O10S/c1-33-18-20-35(21-19-33)31-66-32-43(48(59)62-30-34-13-7-5-8-14-34)54-46(57)41(17-11-12-24-52-49(60)64-45-38-26-36-25-37(28-38)29-39(45)27-36)53-47(58)42(55-50(61)65-51(2,3)4)22-23-44(56)63-40-15-9-6-10-16-40/h5,7-8,13-14,18-21,36-43,45H,6,9-12,15-17,22-32H2,1-4H3,(H,52,60)(H,53,58)(H,54,57)(H,55,61)/t36?,37?,38?,39?,41-,42-,43-,45?/m0/s1. The number of hydrogen-bond acceptors (Lipinski definition) is 11. The number of nitrogens with one attached hydrogen (secondary N) is 4. The first-order valence-corrected chi connectivity index (χ1v) is 25.4. The van der Waals surface area contributed by atoms with Gasteiger partial charge in [-0.25, -0.2) is 14.4 Å². The summed E-state index contributed by atoms with van der Waals surface area (Å²) in [6.45, 7) is 7.40. The molecule has 5 aliphatic carbocycles. The van der Waals surface area contributed by atoms with Gasteiger partial charge in [0.05, 0.1) is 0 Å². The molecule has 0 spiro atoms. The second kappa shape index (κ2) is 24.8. The van der Waals surface area contributed by atoms with Crippen molar-refractivity contribution in [1.82, 2.24) is 21.3 Å². The number of alkyl carbamates (subject to hydrolysis) is 2. The van der Waals surface area contributed by atoms with Gasteiger partial charge >= 0.3 is 24.1 Å². The minimum Gasteiger partial charge on any atom is -0.462 e. The van der Waals surface area contributed by atoms with Crippen LogP contribution in [0.2, 0.25) is 0 Å². The summed E-state index contributed by atoms with van der Waals surface area (Å²) in [4.78, 5) is 81.3. The van der Waals surface area contributed by atoms with Gasteiger partial charge in [-0.3, -0.25) is 14.4 Å². The third-order valence-electron chi connectivity index (χ3n) is 13.2. The first-order chi connectivity index (χ1) is 31.7. The molecule has 5 aliphatic rings. The van der Waals surface area contributed by atoms with Crippen LogP contribution in [0.3, 0.4) is 0 Å². The van der Waals surface area contributed by atoms with E-state index < -0.39 is 59.7 Å². The van der Waals surface area contributed by atoms with Crippen LogP contribution in [0.1, 0.15) is 134 Å². The summed E-state index contributed by atoms with van der Waals surface area (Å²) in [5, 5.41) is 11.2. The fourth-order valence-electron chi connectivity index (χ4n) is 10.1. The summed E-state index contributed by atoms with van der Waals surface area (Å²) in [6, 6.07) is 13.8. The molecule has 0 aliphatic heterocycles. The highest BCUT2D eigenvalue weighted by Crippen LogP contribution is 2.54. The minimum atomic E-state index is -1.26. The van der Waals surface area contributed by atoms with Crippen molar-refractivity contribution in [2.75, 3.05) is 12.3 Å². The molecule has 4 bridgehead atoms. The zero-order valence-corrected chi connectivity index (χ0v) is 40.1. The fourth-order valence-corrected chi connectivity index (χ4v) is 11.1. The second-order valence-electron chi connectivity index (χ2n) is 19.9. The van der Waals surface area contributed by atoms with E-state index in [0.29, 0.717) is 37.0 Å². The molecule has 7 rings (SSSR count). The smallest absolute Gasteiger partial charge is 0.408 e. The molecule has 0 radical (unpaired) electrons. The molecular weight excluding hydrogens is 861 g/mol. The Morgan fingerprint density at radius 1 is 0.697 bits per heavy atom. The maximum absolute atomic E-state index is 14.4. The monoisotopic (exact) mass is 932 g/mol. The number of rotatable bonds is 22. The van der Waals surface area contributed by atoms with Crippen molar-refractivity contribution in [2.24, 2.45) is 23.7 Å². The zero-order valence-electron chi connectivity index (χ0n) is 39.3. The quantitative estimate of drug-likeness (QED) is 0.0506. The lowest BCUT2D eigenvalue weighted by Crippen LogP contribution is -2.56. The van der Waals surface area contributed by atoms with Crippen LogP contribution in [0, 0.1) is 30.6 Å². The maximum Gasteiger partial charge on any atom is 0.408 e. The molecule has 4 amide bonds. The number of aryl methyl sites for hydroxylation is 1. The summed E-state index contributed by atoms with van der Waals surface area (Å²) < 4.78 is 22.9. The van der Waals surface area contributed by atoms with E-state index in [2.05, 4.69) is 21.3 Å². The number of amides is 4. The first-order valence-electron chi connectivity index (χ1n) is 24.3. The van der Waals surface area contributed by atoms with Crippen LogP contribution in [-0.2, 0) is 50.5 Å². The van der Waals surface area contributed by atoms with E-state index in [1.807, 2.05) is 61.5 Å². The number of carbonyl (C=O) groups excluding carboxylic acids is 6. The van der Waals surface area contributed by atoms with E-state index in [0.717, 1.165) is 86.3 Å². The predicted molar refractivity (Wildman–Crippen MR) is 252 cm³/mol. The Morgan fingerprint density at radius 3 is 1.98 bits per heavy atom. The average molecular weight is 933 g/mol. The third-order valence-corrected chi connectivity index (χ3v) is 14.3. The second-order valence-corrected chi connectivity index (χ2v) is 21.0. The summed E-state index contributed by atoms with van der Waals surface area (Å²) in [7, 11) is 0. The molecule has 0 saturated heterocycles. The molecule has 5 saturated carbocycles. The first kappa shape index (κ1) is 50.6.